The van der Waals surface area contributed by atoms with Crippen LogP contribution in [0.3, 0.4) is 0 Å². The summed E-state index contributed by atoms with van der Waals surface area (Å²) in [5.74, 6) is -0.242. The number of carbonyl (C=O) groups excluding carboxylic acids is 1. The lowest BCUT2D eigenvalue weighted by atomic mass is 10.1. The van der Waals surface area contributed by atoms with Crippen molar-refractivity contribution in [3.8, 4) is 10.6 Å². The minimum Gasteiger partial charge on any atom is -0.350 e. The van der Waals surface area contributed by atoms with Crippen molar-refractivity contribution in [3.05, 3.63) is 75.4 Å². The molecule has 2 heterocycles. The number of nitrogens with zero attached hydrogens (tertiary/aromatic N) is 2. The number of nitrogens with one attached hydrogen (secondary N) is 1. The molecule has 6 heteroatoms. The number of benzene rings is 1. The fourth-order valence-corrected chi connectivity index (χ4v) is 2.91. The van der Waals surface area contributed by atoms with Crippen LogP contribution >= 0.6 is 11.3 Å². The first-order valence-corrected chi connectivity index (χ1v) is 8.44. The second-order valence-corrected chi connectivity index (χ2v) is 6.40. The van der Waals surface area contributed by atoms with E-state index in [1.165, 1.54) is 27.6 Å². The number of aromatic nitrogens is 2. The summed E-state index contributed by atoms with van der Waals surface area (Å²) in [6, 6.07) is 14.9. The largest absolute Gasteiger partial charge is 0.350 e. The van der Waals surface area contributed by atoms with E-state index in [-0.39, 0.29) is 18.0 Å². The van der Waals surface area contributed by atoms with Gasteiger partial charge >= 0.3 is 0 Å². The predicted molar refractivity (Wildman–Crippen MR) is 94.8 cm³/mol. The number of thiophene rings is 1. The average molecular weight is 339 g/mol. The molecule has 0 aliphatic carbocycles. The molecule has 24 heavy (non-hydrogen) atoms. The third-order valence-corrected chi connectivity index (χ3v) is 4.44. The van der Waals surface area contributed by atoms with Gasteiger partial charge in [-0.25, -0.2) is 4.68 Å². The highest BCUT2D eigenvalue weighted by Gasteiger charge is 2.08. The maximum Gasteiger partial charge on any atom is 0.267 e. The highest BCUT2D eigenvalue weighted by atomic mass is 32.1. The molecular formula is C18H17N3O2S. The van der Waals surface area contributed by atoms with E-state index in [9.17, 15) is 9.59 Å². The second kappa shape index (κ2) is 7.23. The van der Waals surface area contributed by atoms with Gasteiger partial charge in [0.1, 0.15) is 12.2 Å². The van der Waals surface area contributed by atoms with E-state index < -0.39 is 0 Å². The molecule has 0 atom stereocenters. The van der Waals surface area contributed by atoms with E-state index >= 15 is 0 Å². The van der Waals surface area contributed by atoms with Crippen LogP contribution in [0.4, 0.5) is 0 Å². The third kappa shape index (κ3) is 3.97. The molecule has 1 aromatic carbocycles. The Morgan fingerprint density at radius 1 is 1.17 bits per heavy atom. The number of rotatable bonds is 5. The molecule has 0 saturated carbocycles. The Morgan fingerprint density at radius 3 is 2.67 bits per heavy atom. The van der Waals surface area contributed by atoms with Crippen molar-refractivity contribution in [3.63, 3.8) is 0 Å². The summed E-state index contributed by atoms with van der Waals surface area (Å²) >= 11 is 1.54. The maximum atomic E-state index is 12.1. The third-order valence-electron chi connectivity index (χ3n) is 3.54. The van der Waals surface area contributed by atoms with Crippen LogP contribution in [-0.4, -0.2) is 15.7 Å². The van der Waals surface area contributed by atoms with E-state index in [0.717, 1.165) is 10.4 Å². The second-order valence-electron chi connectivity index (χ2n) is 5.45. The van der Waals surface area contributed by atoms with Crippen molar-refractivity contribution >= 4 is 17.2 Å². The Kier molecular flexibility index (Phi) is 4.86. The van der Waals surface area contributed by atoms with Gasteiger partial charge in [-0.1, -0.05) is 35.9 Å². The van der Waals surface area contributed by atoms with Gasteiger partial charge in [-0.15, -0.1) is 11.3 Å². The normalized spacial score (nSPS) is 10.5. The summed E-state index contributed by atoms with van der Waals surface area (Å²) in [4.78, 5) is 25.0. The van der Waals surface area contributed by atoms with Crippen molar-refractivity contribution in [2.24, 2.45) is 0 Å². The molecule has 1 N–H and O–H groups in total. The lowest BCUT2D eigenvalue weighted by molar-refractivity contribution is -0.122. The average Bonchev–Trinajstić information content (AvgIpc) is 3.11. The predicted octanol–water partition coefficient (Wildman–Crippen LogP) is 2.60. The van der Waals surface area contributed by atoms with Gasteiger partial charge in [-0.3, -0.25) is 9.59 Å². The zero-order chi connectivity index (χ0) is 16.9. The van der Waals surface area contributed by atoms with Crippen molar-refractivity contribution in [2.75, 3.05) is 0 Å². The first-order valence-electron chi connectivity index (χ1n) is 7.56. The summed E-state index contributed by atoms with van der Waals surface area (Å²) in [5.41, 5.74) is 2.59. The van der Waals surface area contributed by atoms with Gasteiger partial charge < -0.3 is 5.32 Å². The molecule has 0 aliphatic heterocycles. The fraction of sp³-hybridized carbons (Fsp3) is 0.167. The lowest BCUT2D eigenvalue weighted by Gasteiger charge is -2.08. The van der Waals surface area contributed by atoms with Gasteiger partial charge in [-0.2, -0.15) is 5.10 Å². The van der Waals surface area contributed by atoms with E-state index in [1.54, 1.807) is 6.07 Å². The Balaban J connectivity index is 1.66. The number of hydrogen-bond acceptors (Lipinski definition) is 4. The van der Waals surface area contributed by atoms with E-state index in [0.29, 0.717) is 12.2 Å². The SMILES string of the molecule is Cc1ccc(CNC(=O)Cn2nc(-c3cccs3)ccc2=O)cc1. The first kappa shape index (κ1) is 16.1. The van der Waals surface area contributed by atoms with Crippen LogP contribution in [0, 0.1) is 6.92 Å². The first-order chi connectivity index (χ1) is 11.6. The molecule has 2 aromatic heterocycles. The quantitative estimate of drug-likeness (QED) is 0.777. The van der Waals surface area contributed by atoms with E-state index in [2.05, 4.69) is 10.4 Å². The number of hydrogen-bond donors (Lipinski definition) is 1. The molecule has 0 spiro atoms. The minimum atomic E-state index is -0.291. The molecule has 0 unspecified atom stereocenters. The van der Waals surface area contributed by atoms with Gasteiger partial charge in [0.2, 0.25) is 5.91 Å². The van der Waals surface area contributed by atoms with Gasteiger partial charge in [0.15, 0.2) is 0 Å². The Hall–Kier alpha value is -2.73. The zero-order valence-corrected chi connectivity index (χ0v) is 14.0. The Bertz CT molecular complexity index is 883. The molecule has 122 valence electrons. The van der Waals surface area contributed by atoms with Crippen LogP contribution in [0.2, 0.25) is 0 Å². The molecule has 0 fully saturated rings. The zero-order valence-electron chi connectivity index (χ0n) is 13.2. The summed E-state index contributed by atoms with van der Waals surface area (Å²) in [7, 11) is 0. The fourth-order valence-electron chi connectivity index (χ4n) is 2.22. The van der Waals surface area contributed by atoms with Crippen LogP contribution in [0.1, 0.15) is 11.1 Å². The molecule has 0 aliphatic rings. The summed E-state index contributed by atoms with van der Waals surface area (Å²) in [6.45, 7) is 2.35. The maximum absolute atomic E-state index is 12.1. The monoisotopic (exact) mass is 339 g/mol. The molecule has 3 aromatic rings. The van der Waals surface area contributed by atoms with Gasteiger partial charge in [-0.05, 0) is 30.0 Å². The molecule has 0 bridgehead atoms. The number of carbonyl (C=O) groups is 1. The van der Waals surface area contributed by atoms with E-state index in [4.69, 9.17) is 0 Å². The van der Waals surface area contributed by atoms with Crippen LogP contribution in [0.5, 0.6) is 0 Å². The Labute approximate surface area is 143 Å². The van der Waals surface area contributed by atoms with Crippen LogP contribution in [0.25, 0.3) is 10.6 Å². The highest BCUT2D eigenvalue weighted by Crippen LogP contribution is 2.20. The summed E-state index contributed by atoms with van der Waals surface area (Å²) in [6.07, 6.45) is 0. The molecule has 1 amide bonds. The number of amides is 1. The number of aryl methyl sites for hydroxylation is 1. The minimum absolute atomic E-state index is 0.0933. The molecule has 3 rings (SSSR count). The van der Waals surface area contributed by atoms with Crippen molar-refractivity contribution < 1.29 is 4.79 Å². The van der Waals surface area contributed by atoms with Crippen LogP contribution in [0.15, 0.2) is 58.7 Å². The van der Waals surface area contributed by atoms with Gasteiger partial charge in [0, 0.05) is 12.6 Å². The van der Waals surface area contributed by atoms with Crippen LogP contribution in [-0.2, 0) is 17.9 Å². The lowest BCUT2D eigenvalue weighted by Crippen LogP contribution is -2.33. The van der Waals surface area contributed by atoms with E-state index in [1.807, 2.05) is 48.7 Å². The molecular weight excluding hydrogens is 322 g/mol. The smallest absolute Gasteiger partial charge is 0.267 e. The van der Waals surface area contributed by atoms with Gasteiger partial charge in [0.05, 0.1) is 4.88 Å². The highest BCUT2D eigenvalue weighted by molar-refractivity contribution is 7.13. The van der Waals surface area contributed by atoms with Gasteiger partial charge in [0.25, 0.3) is 5.56 Å². The van der Waals surface area contributed by atoms with Crippen molar-refractivity contribution in [1.82, 2.24) is 15.1 Å². The van der Waals surface area contributed by atoms with Crippen molar-refractivity contribution in [2.45, 2.75) is 20.0 Å². The summed E-state index contributed by atoms with van der Waals surface area (Å²) < 4.78 is 1.19. The topological polar surface area (TPSA) is 64.0 Å². The standard InChI is InChI=1S/C18H17N3O2S/c1-13-4-6-14(7-5-13)11-19-17(22)12-21-18(23)9-8-15(20-21)16-3-2-10-24-16/h2-10H,11-12H2,1H3,(H,19,22). The molecule has 5 nitrogen and oxygen atoms in total. The van der Waals surface area contributed by atoms with Crippen LogP contribution < -0.4 is 10.9 Å². The van der Waals surface area contributed by atoms with Crippen molar-refractivity contribution in [1.29, 1.82) is 0 Å². The summed E-state index contributed by atoms with van der Waals surface area (Å²) in [5, 5.41) is 9.03. The Morgan fingerprint density at radius 2 is 1.96 bits per heavy atom. The molecule has 0 radical (unpaired) electrons. The molecule has 0 saturated heterocycles.